The van der Waals surface area contributed by atoms with Crippen molar-refractivity contribution in [1.29, 1.82) is 0 Å². The van der Waals surface area contributed by atoms with Gasteiger partial charge in [0.25, 0.3) is 5.91 Å². The van der Waals surface area contributed by atoms with E-state index >= 15 is 0 Å². The summed E-state index contributed by atoms with van der Waals surface area (Å²) in [7, 11) is 0. The molecule has 1 atom stereocenters. The van der Waals surface area contributed by atoms with E-state index in [9.17, 15) is 4.79 Å². The Morgan fingerprint density at radius 2 is 1.71 bits per heavy atom. The molecule has 0 bridgehead atoms. The topological polar surface area (TPSA) is 63.9 Å². The van der Waals surface area contributed by atoms with E-state index in [1.54, 1.807) is 6.92 Å². The number of hydrogen-bond acceptors (Lipinski definition) is 5. The molecule has 1 amide bonds. The number of carbonyl (C=O) groups excluding carboxylic acids is 1. The lowest BCUT2D eigenvalue weighted by Gasteiger charge is -2.29. The van der Waals surface area contributed by atoms with E-state index in [2.05, 4.69) is 10.2 Å². The first-order valence-corrected chi connectivity index (χ1v) is 10.5. The predicted molar refractivity (Wildman–Crippen MR) is 122 cm³/mol. The van der Waals surface area contributed by atoms with E-state index in [1.165, 1.54) is 0 Å². The highest BCUT2D eigenvalue weighted by Gasteiger charge is 2.17. The molecule has 3 aromatic carbocycles. The summed E-state index contributed by atoms with van der Waals surface area (Å²) in [4.78, 5) is 14.9. The zero-order valence-electron chi connectivity index (χ0n) is 17.3. The summed E-state index contributed by atoms with van der Waals surface area (Å²) in [6, 6.07) is 21.4. The van der Waals surface area contributed by atoms with Gasteiger partial charge in [0, 0.05) is 35.2 Å². The molecule has 1 aliphatic heterocycles. The van der Waals surface area contributed by atoms with Crippen LogP contribution in [-0.2, 0) is 9.53 Å². The lowest BCUT2D eigenvalue weighted by molar-refractivity contribution is -0.122. The standard InChI is InChI=1S/C25H24N2O4/c1-17(25(28)26-18-6-8-19(9-7-18)27-12-14-29-15-13-27)30-20-10-11-24-22(16-20)21-4-2-3-5-23(21)31-24/h2-11,16-17H,12-15H2,1H3,(H,26,28)/t17-/m0/s1. The van der Waals surface area contributed by atoms with Crippen molar-refractivity contribution in [2.75, 3.05) is 36.5 Å². The maximum absolute atomic E-state index is 12.6. The van der Waals surface area contributed by atoms with Gasteiger partial charge in [-0.15, -0.1) is 0 Å². The summed E-state index contributed by atoms with van der Waals surface area (Å²) in [6.07, 6.45) is -0.644. The number of nitrogens with zero attached hydrogens (tertiary/aromatic N) is 1. The highest BCUT2D eigenvalue weighted by Crippen LogP contribution is 2.31. The van der Waals surface area contributed by atoms with Crippen LogP contribution in [-0.4, -0.2) is 38.3 Å². The Kier molecular flexibility index (Phi) is 5.22. The lowest BCUT2D eigenvalue weighted by Crippen LogP contribution is -2.36. The van der Waals surface area contributed by atoms with Crippen LogP contribution in [0.1, 0.15) is 6.92 Å². The molecule has 2 heterocycles. The van der Waals surface area contributed by atoms with Gasteiger partial charge >= 0.3 is 0 Å². The van der Waals surface area contributed by atoms with Crippen molar-refractivity contribution in [3.8, 4) is 5.75 Å². The van der Waals surface area contributed by atoms with Crippen LogP contribution in [0.5, 0.6) is 5.75 Å². The van der Waals surface area contributed by atoms with Gasteiger partial charge < -0.3 is 24.1 Å². The molecule has 0 spiro atoms. The van der Waals surface area contributed by atoms with Crippen LogP contribution < -0.4 is 15.0 Å². The molecule has 0 radical (unpaired) electrons. The molecule has 158 valence electrons. The molecule has 1 fully saturated rings. The number of hydrogen-bond donors (Lipinski definition) is 1. The first-order valence-electron chi connectivity index (χ1n) is 10.5. The van der Waals surface area contributed by atoms with Crippen molar-refractivity contribution < 1.29 is 18.7 Å². The van der Waals surface area contributed by atoms with Gasteiger partial charge in [-0.05, 0) is 55.5 Å². The summed E-state index contributed by atoms with van der Waals surface area (Å²) in [5.41, 5.74) is 3.51. The molecule has 31 heavy (non-hydrogen) atoms. The number of rotatable bonds is 5. The molecule has 1 saturated heterocycles. The lowest BCUT2D eigenvalue weighted by atomic mass is 10.1. The second-order valence-corrected chi connectivity index (χ2v) is 7.65. The fourth-order valence-corrected chi connectivity index (χ4v) is 3.86. The summed E-state index contributed by atoms with van der Waals surface area (Å²) in [5, 5.41) is 4.93. The van der Waals surface area contributed by atoms with Gasteiger partial charge in [-0.25, -0.2) is 0 Å². The molecule has 4 aromatic rings. The quantitative estimate of drug-likeness (QED) is 0.505. The van der Waals surface area contributed by atoms with Crippen molar-refractivity contribution in [2.24, 2.45) is 0 Å². The van der Waals surface area contributed by atoms with Gasteiger partial charge in [0.15, 0.2) is 6.10 Å². The molecule has 6 heteroatoms. The minimum Gasteiger partial charge on any atom is -0.481 e. The number of anilines is 2. The van der Waals surface area contributed by atoms with E-state index in [-0.39, 0.29) is 5.91 Å². The van der Waals surface area contributed by atoms with Gasteiger partial charge in [0.05, 0.1) is 13.2 Å². The van der Waals surface area contributed by atoms with Gasteiger partial charge in [-0.1, -0.05) is 18.2 Å². The van der Waals surface area contributed by atoms with Crippen LogP contribution in [0.4, 0.5) is 11.4 Å². The fraction of sp³-hybridized carbons (Fsp3) is 0.240. The molecule has 5 rings (SSSR count). The zero-order chi connectivity index (χ0) is 21.2. The normalized spacial score (nSPS) is 15.2. The Balaban J connectivity index is 1.25. The highest BCUT2D eigenvalue weighted by molar-refractivity contribution is 6.05. The van der Waals surface area contributed by atoms with Crippen LogP contribution in [0.3, 0.4) is 0 Å². The van der Waals surface area contributed by atoms with Crippen LogP contribution in [0.25, 0.3) is 21.9 Å². The monoisotopic (exact) mass is 416 g/mol. The van der Waals surface area contributed by atoms with Crippen LogP contribution in [0.2, 0.25) is 0 Å². The number of benzene rings is 3. The second-order valence-electron chi connectivity index (χ2n) is 7.65. The number of morpholine rings is 1. The van der Waals surface area contributed by atoms with Crippen molar-refractivity contribution >= 4 is 39.2 Å². The number of para-hydroxylation sites is 1. The molecule has 1 aromatic heterocycles. The number of furan rings is 1. The van der Waals surface area contributed by atoms with E-state index in [1.807, 2.05) is 66.7 Å². The maximum atomic E-state index is 12.6. The summed E-state index contributed by atoms with van der Waals surface area (Å²) in [5.74, 6) is 0.431. The molecule has 0 unspecified atom stereocenters. The minimum absolute atomic E-state index is 0.198. The molecular weight excluding hydrogens is 392 g/mol. The summed E-state index contributed by atoms with van der Waals surface area (Å²) < 4.78 is 17.2. The number of nitrogens with one attached hydrogen (secondary N) is 1. The Bertz CT molecular complexity index is 1210. The Morgan fingerprint density at radius 3 is 2.52 bits per heavy atom. The summed E-state index contributed by atoms with van der Waals surface area (Å²) >= 11 is 0. The fourth-order valence-electron chi connectivity index (χ4n) is 3.86. The minimum atomic E-state index is -0.644. The number of amides is 1. The van der Waals surface area contributed by atoms with Gasteiger partial charge in [-0.3, -0.25) is 4.79 Å². The average Bonchev–Trinajstić information content (AvgIpc) is 3.18. The van der Waals surface area contributed by atoms with E-state index in [0.29, 0.717) is 5.75 Å². The number of fused-ring (bicyclic) bond motifs is 3. The smallest absolute Gasteiger partial charge is 0.265 e. The largest absolute Gasteiger partial charge is 0.481 e. The average molecular weight is 416 g/mol. The van der Waals surface area contributed by atoms with E-state index in [0.717, 1.165) is 59.6 Å². The first kappa shape index (κ1) is 19.5. The van der Waals surface area contributed by atoms with Gasteiger partial charge in [0.2, 0.25) is 0 Å². The first-order chi connectivity index (χ1) is 15.2. The highest BCUT2D eigenvalue weighted by atomic mass is 16.5. The van der Waals surface area contributed by atoms with E-state index in [4.69, 9.17) is 13.9 Å². The third kappa shape index (κ3) is 4.07. The van der Waals surface area contributed by atoms with Gasteiger partial charge in [-0.2, -0.15) is 0 Å². The molecule has 1 N–H and O–H groups in total. The number of carbonyl (C=O) groups is 1. The summed E-state index contributed by atoms with van der Waals surface area (Å²) in [6.45, 7) is 5.00. The van der Waals surface area contributed by atoms with E-state index < -0.39 is 6.10 Å². The third-order valence-corrected chi connectivity index (χ3v) is 5.54. The SMILES string of the molecule is C[C@H](Oc1ccc2oc3ccccc3c2c1)C(=O)Nc1ccc(N2CCOCC2)cc1. The Labute approximate surface area is 180 Å². The molecule has 0 saturated carbocycles. The van der Waals surface area contributed by atoms with Crippen molar-refractivity contribution in [3.63, 3.8) is 0 Å². The molecule has 6 nitrogen and oxygen atoms in total. The molecule has 1 aliphatic rings. The van der Waals surface area contributed by atoms with Crippen LogP contribution in [0, 0.1) is 0 Å². The van der Waals surface area contributed by atoms with Crippen molar-refractivity contribution in [3.05, 3.63) is 66.7 Å². The zero-order valence-corrected chi connectivity index (χ0v) is 17.3. The van der Waals surface area contributed by atoms with Crippen LogP contribution in [0.15, 0.2) is 71.1 Å². The molecular formula is C25H24N2O4. The van der Waals surface area contributed by atoms with Crippen LogP contribution >= 0.6 is 0 Å². The number of ether oxygens (including phenoxy) is 2. The Morgan fingerprint density at radius 1 is 0.968 bits per heavy atom. The predicted octanol–water partition coefficient (Wildman–Crippen LogP) is 4.83. The third-order valence-electron chi connectivity index (χ3n) is 5.54. The van der Waals surface area contributed by atoms with Gasteiger partial charge in [0.1, 0.15) is 16.9 Å². The Hall–Kier alpha value is -3.51. The van der Waals surface area contributed by atoms with Crippen molar-refractivity contribution in [2.45, 2.75) is 13.0 Å². The second kappa shape index (κ2) is 8.32. The molecule has 0 aliphatic carbocycles. The maximum Gasteiger partial charge on any atom is 0.265 e. The van der Waals surface area contributed by atoms with Crippen molar-refractivity contribution in [1.82, 2.24) is 0 Å².